The van der Waals surface area contributed by atoms with Crippen molar-refractivity contribution in [2.45, 2.75) is 45.2 Å². The van der Waals surface area contributed by atoms with Gasteiger partial charge in [0.15, 0.2) is 11.0 Å². The number of carbonyl (C=O) groups excluding carboxylic acids is 2. The van der Waals surface area contributed by atoms with Crippen molar-refractivity contribution in [3.63, 3.8) is 0 Å². The molecule has 0 saturated carbocycles. The number of rotatable bonds is 9. The Morgan fingerprint density at radius 2 is 1.85 bits per heavy atom. The summed E-state index contributed by atoms with van der Waals surface area (Å²) in [5.74, 6) is 1.04. The van der Waals surface area contributed by atoms with E-state index in [9.17, 15) is 9.59 Å². The van der Waals surface area contributed by atoms with E-state index in [1.165, 1.54) is 11.8 Å². The quantitative estimate of drug-likeness (QED) is 0.453. The average Bonchev–Trinajstić information content (AvgIpc) is 3.21. The molecule has 0 radical (unpaired) electrons. The summed E-state index contributed by atoms with van der Waals surface area (Å²) in [6.07, 6.45) is 4.30. The van der Waals surface area contributed by atoms with E-state index in [4.69, 9.17) is 0 Å². The first kappa shape index (κ1) is 24.4. The van der Waals surface area contributed by atoms with Crippen LogP contribution >= 0.6 is 11.8 Å². The van der Waals surface area contributed by atoms with Gasteiger partial charge in [-0.2, -0.15) is 0 Å². The highest BCUT2D eigenvalue weighted by atomic mass is 32.2. The number of pyridine rings is 1. The van der Waals surface area contributed by atoms with Crippen molar-refractivity contribution in [1.29, 1.82) is 0 Å². The van der Waals surface area contributed by atoms with E-state index in [0.29, 0.717) is 23.4 Å². The third kappa shape index (κ3) is 6.64. The summed E-state index contributed by atoms with van der Waals surface area (Å²) in [5.41, 5.74) is 2.91. The SMILES string of the molecule is CC(C)CCNC(=O)NC(=O)CSc1nnc(-c2cccnc2)n1-c1ccccc1C(C)C. The molecule has 0 atom stereocenters. The monoisotopic (exact) mass is 466 g/mol. The standard InChI is InChI=1S/C24H30N6O2S/c1-16(2)11-13-26-23(32)27-21(31)15-33-24-29-28-22(18-8-7-12-25-14-18)30(24)20-10-6-5-9-19(20)17(3)4/h5-10,12,14,16-17H,11,13,15H2,1-4H3,(H2,26,27,31,32). The van der Waals surface area contributed by atoms with Crippen molar-refractivity contribution in [3.8, 4) is 17.1 Å². The van der Waals surface area contributed by atoms with Crippen molar-refractivity contribution in [3.05, 3.63) is 54.4 Å². The predicted octanol–water partition coefficient (Wildman–Crippen LogP) is 4.42. The number of nitrogens with one attached hydrogen (secondary N) is 2. The van der Waals surface area contributed by atoms with E-state index in [2.05, 4.69) is 59.6 Å². The first-order valence-corrected chi connectivity index (χ1v) is 12.0. The number of aromatic nitrogens is 4. The van der Waals surface area contributed by atoms with E-state index < -0.39 is 11.9 Å². The second-order valence-corrected chi connectivity index (χ2v) is 9.31. The summed E-state index contributed by atoms with van der Waals surface area (Å²) >= 11 is 1.23. The van der Waals surface area contributed by atoms with Crippen LogP contribution in [0, 0.1) is 5.92 Å². The first-order valence-electron chi connectivity index (χ1n) is 11.0. The second-order valence-electron chi connectivity index (χ2n) is 8.37. The average molecular weight is 467 g/mol. The Morgan fingerprint density at radius 1 is 1.06 bits per heavy atom. The Kier molecular flexibility index (Phi) is 8.59. The van der Waals surface area contributed by atoms with Gasteiger partial charge in [0.2, 0.25) is 5.91 Å². The van der Waals surface area contributed by atoms with E-state index in [1.54, 1.807) is 12.4 Å². The fourth-order valence-corrected chi connectivity index (χ4v) is 4.00. The van der Waals surface area contributed by atoms with Crippen molar-refractivity contribution in [2.75, 3.05) is 12.3 Å². The van der Waals surface area contributed by atoms with Crippen LogP contribution in [0.1, 0.15) is 45.6 Å². The molecule has 0 spiro atoms. The number of para-hydroxylation sites is 1. The lowest BCUT2D eigenvalue weighted by Crippen LogP contribution is -2.40. The fraction of sp³-hybridized carbons (Fsp3) is 0.375. The van der Waals surface area contributed by atoms with Crippen molar-refractivity contribution in [2.24, 2.45) is 5.92 Å². The van der Waals surface area contributed by atoms with Crippen LogP contribution in [0.15, 0.2) is 53.9 Å². The molecule has 0 aliphatic rings. The number of thioether (sulfide) groups is 1. The van der Waals surface area contributed by atoms with Crippen LogP contribution in [0.2, 0.25) is 0 Å². The predicted molar refractivity (Wildman–Crippen MR) is 130 cm³/mol. The number of hydrogen-bond donors (Lipinski definition) is 2. The summed E-state index contributed by atoms with van der Waals surface area (Å²) < 4.78 is 1.95. The number of carbonyl (C=O) groups is 2. The highest BCUT2D eigenvalue weighted by molar-refractivity contribution is 7.99. The molecule has 3 rings (SSSR count). The molecule has 0 unspecified atom stereocenters. The Labute approximate surface area is 198 Å². The molecule has 2 heterocycles. The summed E-state index contributed by atoms with van der Waals surface area (Å²) in [6.45, 7) is 8.94. The zero-order chi connectivity index (χ0) is 23.8. The van der Waals surface area contributed by atoms with Gasteiger partial charge in [0.05, 0.1) is 11.4 Å². The Morgan fingerprint density at radius 3 is 2.55 bits per heavy atom. The topological polar surface area (TPSA) is 102 Å². The summed E-state index contributed by atoms with van der Waals surface area (Å²) in [5, 5.41) is 14.4. The number of benzene rings is 1. The van der Waals surface area contributed by atoms with Gasteiger partial charge in [-0.1, -0.05) is 57.7 Å². The van der Waals surface area contributed by atoms with E-state index in [0.717, 1.165) is 23.2 Å². The molecule has 1 aromatic carbocycles. The van der Waals surface area contributed by atoms with E-state index in [1.807, 2.05) is 34.9 Å². The molecule has 0 saturated heterocycles. The molecule has 33 heavy (non-hydrogen) atoms. The molecule has 3 amide bonds. The molecule has 174 valence electrons. The summed E-state index contributed by atoms with van der Waals surface area (Å²) in [7, 11) is 0. The first-order chi connectivity index (χ1) is 15.9. The third-order valence-corrected chi connectivity index (χ3v) is 5.87. The van der Waals surface area contributed by atoms with Crippen LogP contribution in [0.25, 0.3) is 17.1 Å². The minimum absolute atomic E-state index is 0.0343. The van der Waals surface area contributed by atoms with Gasteiger partial charge in [-0.05, 0) is 42.0 Å². The lowest BCUT2D eigenvalue weighted by molar-refractivity contribution is -0.117. The number of amides is 3. The zero-order valence-corrected chi connectivity index (χ0v) is 20.2. The molecule has 2 N–H and O–H groups in total. The lowest BCUT2D eigenvalue weighted by atomic mass is 10.0. The molecule has 0 bridgehead atoms. The molecule has 0 fully saturated rings. The van der Waals surface area contributed by atoms with Crippen molar-refractivity contribution >= 4 is 23.7 Å². The maximum atomic E-state index is 12.4. The third-order valence-electron chi connectivity index (χ3n) is 4.95. The fourth-order valence-electron chi connectivity index (χ4n) is 3.25. The summed E-state index contributed by atoms with van der Waals surface area (Å²) in [6, 6.07) is 11.4. The zero-order valence-electron chi connectivity index (χ0n) is 19.4. The number of imide groups is 1. The van der Waals surface area contributed by atoms with Gasteiger partial charge in [0, 0.05) is 24.5 Å². The minimum Gasteiger partial charge on any atom is -0.338 e. The van der Waals surface area contributed by atoms with Gasteiger partial charge in [-0.3, -0.25) is 19.7 Å². The highest BCUT2D eigenvalue weighted by Crippen LogP contribution is 2.31. The van der Waals surface area contributed by atoms with Gasteiger partial charge >= 0.3 is 6.03 Å². The number of nitrogens with zero attached hydrogens (tertiary/aromatic N) is 4. The molecule has 8 nitrogen and oxygen atoms in total. The molecule has 9 heteroatoms. The van der Waals surface area contributed by atoms with Gasteiger partial charge < -0.3 is 5.32 Å². The smallest absolute Gasteiger partial charge is 0.321 e. The Bertz CT molecular complexity index is 1080. The lowest BCUT2D eigenvalue weighted by Gasteiger charge is -2.16. The molecule has 0 aliphatic carbocycles. The maximum Gasteiger partial charge on any atom is 0.321 e. The van der Waals surface area contributed by atoms with Crippen molar-refractivity contribution in [1.82, 2.24) is 30.4 Å². The van der Waals surface area contributed by atoms with Gasteiger partial charge in [0.1, 0.15) is 0 Å². The molecular weight excluding hydrogens is 436 g/mol. The number of hydrogen-bond acceptors (Lipinski definition) is 6. The van der Waals surface area contributed by atoms with Crippen LogP contribution in [0.4, 0.5) is 4.79 Å². The van der Waals surface area contributed by atoms with Gasteiger partial charge in [0.25, 0.3) is 0 Å². The summed E-state index contributed by atoms with van der Waals surface area (Å²) in [4.78, 5) is 28.5. The second kappa shape index (κ2) is 11.6. The van der Waals surface area contributed by atoms with Crippen LogP contribution < -0.4 is 10.6 Å². The maximum absolute atomic E-state index is 12.4. The largest absolute Gasteiger partial charge is 0.338 e. The highest BCUT2D eigenvalue weighted by Gasteiger charge is 2.20. The van der Waals surface area contributed by atoms with Crippen LogP contribution in [0.3, 0.4) is 0 Å². The molecule has 0 aliphatic heterocycles. The Hall–Kier alpha value is -3.20. The van der Waals surface area contributed by atoms with E-state index >= 15 is 0 Å². The normalized spacial score (nSPS) is 11.1. The molecular formula is C24H30N6O2S. The minimum atomic E-state index is -0.482. The molecule has 2 aromatic heterocycles. The van der Waals surface area contributed by atoms with Crippen molar-refractivity contribution < 1.29 is 9.59 Å². The van der Waals surface area contributed by atoms with Gasteiger partial charge in [-0.25, -0.2) is 4.79 Å². The molecule has 3 aromatic rings. The Balaban J connectivity index is 1.81. The van der Waals surface area contributed by atoms with E-state index in [-0.39, 0.29) is 11.7 Å². The van der Waals surface area contributed by atoms with Crippen LogP contribution in [-0.2, 0) is 4.79 Å². The van der Waals surface area contributed by atoms with Crippen LogP contribution in [0.5, 0.6) is 0 Å². The number of urea groups is 1. The van der Waals surface area contributed by atoms with Gasteiger partial charge in [-0.15, -0.1) is 10.2 Å². The van der Waals surface area contributed by atoms with Crippen LogP contribution in [-0.4, -0.2) is 44.0 Å².